The molecule has 28 heavy (non-hydrogen) atoms. The van der Waals surface area contributed by atoms with E-state index < -0.39 is 0 Å². The Labute approximate surface area is 176 Å². The molecule has 4 nitrogen and oxygen atoms in total. The molecule has 2 amide bonds. The minimum absolute atomic E-state index is 0.0440. The van der Waals surface area contributed by atoms with Gasteiger partial charge in [0.15, 0.2) is 0 Å². The van der Waals surface area contributed by atoms with Crippen molar-refractivity contribution in [3.05, 3.63) is 57.4 Å². The number of hydrogen-bond donors (Lipinski definition) is 1. The molecule has 1 N–H and O–H groups in total. The first-order chi connectivity index (χ1) is 13.5. The number of rotatable bonds is 8. The van der Waals surface area contributed by atoms with Gasteiger partial charge in [-0.3, -0.25) is 14.5 Å². The van der Waals surface area contributed by atoms with Gasteiger partial charge in [0.25, 0.3) is 5.91 Å². The van der Waals surface area contributed by atoms with Crippen molar-refractivity contribution in [2.24, 2.45) is 0 Å². The topological polar surface area (TPSA) is 49.4 Å². The number of thiophene rings is 1. The fourth-order valence-electron chi connectivity index (χ4n) is 2.68. The number of halogens is 1. The highest BCUT2D eigenvalue weighted by atomic mass is 32.2. The van der Waals surface area contributed by atoms with Crippen LogP contribution in [0.2, 0.25) is 0 Å². The lowest BCUT2D eigenvalue weighted by Crippen LogP contribution is -2.29. The fraction of sp³-hybridized carbons (Fsp3) is 0.250. The molecule has 0 bridgehead atoms. The minimum Gasteiger partial charge on any atom is -0.326 e. The van der Waals surface area contributed by atoms with E-state index in [1.165, 1.54) is 36.0 Å². The first-order valence-electron chi connectivity index (χ1n) is 8.87. The van der Waals surface area contributed by atoms with Gasteiger partial charge in [-0.25, -0.2) is 4.39 Å². The van der Waals surface area contributed by atoms with E-state index in [0.29, 0.717) is 34.3 Å². The summed E-state index contributed by atoms with van der Waals surface area (Å²) in [5, 5.41) is 4.71. The highest BCUT2D eigenvalue weighted by Crippen LogP contribution is 2.33. The molecule has 0 spiro atoms. The largest absolute Gasteiger partial charge is 0.326 e. The van der Waals surface area contributed by atoms with Gasteiger partial charge in [0, 0.05) is 23.5 Å². The Hall–Kier alpha value is -2.03. The molecule has 0 atom stereocenters. The molecule has 3 rings (SSSR count). The summed E-state index contributed by atoms with van der Waals surface area (Å²) in [7, 11) is 0. The number of anilines is 1. The summed E-state index contributed by atoms with van der Waals surface area (Å²) in [6, 6.07) is 9.60. The normalized spacial score (nSPS) is 15.5. The van der Waals surface area contributed by atoms with E-state index >= 15 is 0 Å². The molecule has 1 fully saturated rings. The number of unbranched alkanes of at least 4 members (excludes halogenated alkanes) is 2. The van der Waals surface area contributed by atoms with Gasteiger partial charge in [-0.05, 0) is 54.6 Å². The molecule has 1 aliphatic rings. The van der Waals surface area contributed by atoms with Crippen LogP contribution in [0.5, 0.6) is 0 Å². The van der Waals surface area contributed by atoms with E-state index in [-0.39, 0.29) is 17.6 Å². The van der Waals surface area contributed by atoms with Crippen LogP contribution in [-0.2, 0) is 9.59 Å². The van der Waals surface area contributed by atoms with Crippen molar-refractivity contribution in [3.63, 3.8) is 0 Å². The predicted molar refractivity (Wildman–Crippen MR) is 118 cm³/mol. The summed E-state index contributed by atoms with van der Waals surface area (Å²) < 4.78 is 13.4. The first kappa shape index (κ1) is 20.7. The number of thiocarbonyl (C=S) groups is 1. The van der Waals surface area contributed by atoms with Gasteiger partial charge in [0.2, 0.25) is 5.91 Å². The molecule has 146 valence electrons. The van der Waals surface area contributed by atoms with Gasteiger partial charge in [-0.1, -0.05) is 36.5 Å². The maximum atomic E-state index is 12.9. The number of benzene rings is 1. The molecule has 2 aromatic rings. The standard InChI is InChI=1S/C20H19FN2O2S3/c21-14-7-9-15(10-8-14)22-18(24)6-2-1-3-11-23-19(25)17(28-20(23)26)13-16-5-4-12-27-16/h4-5,7-10,12-13H,1-3,6,11H2,(H,22,24)/b17-13-. The third kappa shape index (κ3) is 5.73. The van der Waals surface area contributed by atoms with Crippen molar-refractivity contribution in [3.8, 4) is 0 Å². The predicted octanol–water partition coefficient (Wildman–Crippen LogP) is 5.29. The zero-order chi connectivity index (χ0) is 19.9. The lowest BCUT2D eigenvalue weighted by atomic mass is 10.1. The van der Waals surface area contributed by atoms with Crippen molar-refractivity contribution >= 4 is 63.2 Å². The highest BCUT2D eigenvalue weighted by molar-refractivity contribution is 8.26. The fourth-order valence-corrected chi connectivity index (χ4v) is 4.72. The molecule has 8 heteroatoms. The summed E-state index contributed by atoms with van der Waals surface area (Å²) in [5.41, 5.74) is 0.585. The maximum Gasteiger partial charge on any atom is 0.266 e. The smallest absolute Gasteiger partial charge is 0.266 e. The maximum absolute atomic E-state index is 12.9. The van der Waals surface area contributed by atoms with Crippen molar-refractivity contribution in [1.29, 1.82) is 0 Å². The molecule has 1 saturated heterocycles. The third-order valence-electron chi connectivity index (χ3n) is 4.10. The van der Waals surface area contributed by atoms with Gasteiger partial charge in [0.1, 0.15) is 10.1 Å². The zero-order valence-corrected chi connectivity index (χ0v) is 17.5. The van der Waals surface area contributed by atoms with Crippen LogP contribution >= 0.6 is 35.3 Å². The molecule has 0 radical (unpaired) electrons. The lowest BCUT2D eigenvalue weighted by Gasteiger charge is -2.14. The number of amides is 2. The minimum atomic E-state index is -0.334. The average molecular weight is 435 g/mol. The van der Waals surface area contributed by atoms with E-state index in [9.17, 15) is 14.0 Å². The Bertz CT molecular complexity index is 879. The van der Waals surface area contributed by atoms with Gasteiger partial charge in [-0.2, -0.15) is 0 Å². The van der Waals surface area contributed by atoms with Gasteiger partial charge < -0.3 is 5.32 Å². The first-order valence-corrected chi connectivity index (χ1v) is 11.0. The molecule has 0 unspecified atom stereocenters. The Morgan fingerprint density at radius 3 is 2.68 bits per heavy atom. The van der Waals surface area contributed by atoms with Crippen LogP contribution in [0.1, 0.15) is 30.6 Å². The van der Waals surface area contributed by atoms with Crippen LogP contribution in [0.3, 0.4) is 0 Å². The number of hydrogen-bond acceptors (Lipinski definition) is 5. The van der Waals surface area contributed by atoms with Crippen LogP contribution in [0, 0.1) is 5.82 Å². The molecular weight excluding hydrogens is 415 g/mol. The Kier molecular flexibility index (Phi) is 7.36. The summed E-state index contributed by atoms with van der Waals surface area (Å²) in [4.78, 5) is 27.7. The number of carbonyl (C=O) groups is 2. The Morgan fingerprint density at radius 2 is 1.96 bits per heavy atom. The molecule has 1 aliphatic heterocycles. The van der Waals surface area contributed by atoms with Crippen LogP contribution in [-0.4, -0.2) is 27.6 Å². The van der Waals surface area contributed by atoms with E-state index in [2.05, 4.69) is 5.32 Å². The van der Waals surface area contributed by atoms with Crippen molar-refractivity contribution in [2.45, 2.75) is 25.7 Å². The SMILES string of the molecule is O=C(CCCCCN1C(=O)/C(=C/c2cccs2)SC1=S)Nc1ccc(F)cc1. The van der Waals surface area contributed by atoms with E-state index in [1.807, 2.05) is 23.6 Å². The Morgan fingerprint density at radius 1 is 1.18 bits per heavy atom. The average Bonchev–Trinajstić information content (AvgIpc) is 3.27. The highest BCUT2D eigenvalue weighted by Gasteiger charge is 2.31. The number of nitrogens with zero attached hydrogens (tertiary/aromatic N) is 1. The van der Waals surface area contributed by atoms with E-state index in [0.717, 1.165) is 17.7 Å². The van der Waals surface area contributed by atoms with Crippen LogP contribution < -0.4 is 5.32 Å². The molecule has 1 aromatic heterocycles. The summed E-state index contributed by atoms with van der Waals surface area (Å²) in [5.74, 6) is -0.479. The quantitative estimate of drug-likeness (QED) is 0.349. The van der Waals surface area contributed by atoms with Crippen molar-refractivity contribution in [1.82, 2.24) is 4.90 Å². The molecule has 1 aromatic carbocycles. The summed E-state index contributed by atoms with van der Waals surface area (Å²) in [6.45, 7) is 0.562. The lowest BCUT2D eigenvalue weighted by molar-refractivity contribution is -0.122. The molecule has 2 heterocycles. The molecule has 0 aliphatic carbocycles. The van der Waals surface area contributed by atoms with Crippen LogP contribution in [0.4, 0.5) is 10.1 Å². The number of thioether (sulfide) groups is 1. The van der Waals surface area contributed by atoms with E-state index in [4.69, 9.17) is 12.2 Å². The van der Waals surface area contributed by atoms with Crippen LogP contribution in [0.15, 0.2) is 46.7 Å². The van der Waals surface area contributed by atoms with Gasteiger partial charge >= 0.3 is 0 Å². The van der Waals surface area contributed by atoms with Gasteiger partial charge in [0.05, 0.1) is 4.91 Å². The van der Waals surface area contributed by atoms with E-state index in [1.54, 1.807) is 16.2 Å². The second-order valence-corrected chi connectivity index (χ2v) is 8.87. The monoisotopic (exact) mass is 434 g/mol. The second-order valence-electron chi connectivity index (χ2n) is 6.21. The Balaban J connectivity index is 1.38. The summed E-state index contributed by atoms with van der Waals surface area (Å²) in [6.07, 6.45) is 4.57. The van der Waals surface area contributed by atoms with Gasteiger partial charge in [-0.15, -0.1) is 11.3 Å². The number of nitrogens with one attached hydrogen (secondary N) is 1. The molecular formula is C20H19FN2O2S3. The van der Waals surface area contributed by atoms with Crippen LogP contribution in [0.25, 0.3) is 6.08 Å². The third-order valence-corrected chi connectivity index (χ3v) is 6.30. The second kappa shape index (κ2) is 9.95. The van der Waals surface area contributed by atoms with Crippen molar-refractivity contribution < 1.29 is 14.0 Å². The molecule has 0 saturated carbocycles. The van der Waals surface area contributed by atoms with Crippen molar-refractivity contribution in [2.75, 3.05) is 11.9 Å². The number of carbonyl (C=O) groups excluding carboxylic acids is 2. The zero-order valence-electron chi connectivity index (χ0n) is 15.0. The summed E-state index contributed by atoms with van der Waals surface area (Å²) >= 11 is 8.25.